The number of hydrogen-bond donors (Lipinski definition) is 1. The lowest BCUT2D eigenvalue weighted by Gasteiger charge is -2.18. The molecule has 0 aliphatic rings. The first-order valence-electron chi connectivity index (χ1n) is 6.69. The summed E-state index contributed by atoms with van der Waals surface area (Å²) in [6.07, 6.45) is 0.811. The Balaban J connectivity index is 2.18. The fourth-order valence-corrected chi connectivity index (χ4v) is 2.28. The first-order chi connectivity index (χ1) is 9.20. The van der Waals surface area contributed by atoms with Crippen LogP contribution in [0.2, 0.25) is 0 Å². The summed E-state index contributed by atoms with van der Waals surface area (Å²) >= 11 is 0. The van der Waals surface area contributed by atoms with E-state index in [0.717, 1.165) is 25.3 Å². The molecule has 1 aromatic carbocycles. The number of hydrogen-bond acceptors (Lipinski definition) is 4. The van der Waals surface area contributed by atoms with Crippen LogP contribution in [0.1, 0.15) is 29.8 Å². The highest BCUT2D eigenvalue weighted by atomic mass is 15.6. The number of tetrazole rings is 1. The summed E-state index contributed by atoms with van der Waals surface area (Å²) in [5.41, 5.74) is 2.67. The second-order valence-electron chi connectivity index (χ2n) is 4.76. The molecule has 2 aromatic rings. The van der Waals surface area contributed by atoms with E-state index in [4.69, 9.17) is 0 Å². The molecule has 0 aliphatic heterocycles. The molecule has 0 aliphatic carbocycles. The van der Waals surface area contributed by atoms with Gasteiger partial charge in [0.2, 0.25) is 0 Å². The molecule has 5 nitrogen and oxygen atoms in total. The summed E-state index contributed by atoms with van der Waals surface area (Å²) in [4.78, 5) is 1.51. The van der Waals surface area contributed by atoms with E-state index in [1.54, 1.807) is 7.05 Å². The van der Waals surface area contributed by atoms with Gasteiger partial charge in [-0.3, -0.25) is 0 Å². The first kappa shape index (κ1) is 13.7. The molecule has 1 unspecified atom stereocenters. The maximum Gasteiger partial charge on any atom is 0.175 e. The van der Waals surface area contributed by atoms with Crippen LogP contribution in [0.4, 0.5) is 0 Å². The third-order valence-electron chi connectivity index (χ3n) is 3.25. The third kappa shape index (κ3) is 3.61. The van der Waals surface area contributed by atoms with Crippen molar-refractivity contribution in [3.63, 3.8) is 0 Å². The summed E-state index contributed by atoms with van der Waals surface area (Å²) in [5.74, 6) is 1.18. The van der Waals surface area contributed by atoms with E-state index < -0.39 is 0 Å². The molecule has 0 bridgehead atoms. The Morgan fingerprint density at radius 1 is 1.32 bits per heavy atom. The third-order valence-corrected chi connectivity index (χ3v) is 3.25. The van der Waals surface area contributed by atoms with Crippen LogP contribution in [0.25, 0.3) is 0 Å². The number of benzene rings is 1. The molecule has 0 saturated carbocycles. The molecule has 0 saturated heterocycles. The van der Waals surface area contributed by atoms with E-state index in [2.05, 4.69) is 58.8 Å². The largest absolute Gasteiger partial charge is 0.316 e. The van der Waals surface area contributed by atoms with Gasteiger partial charge in [0.15, 0.2) is 5.82 Å². The van der Waals surface area contributed by atoms with E-state index in [1.165, 1.54) is 15.9 Å². The Hall–Kier alpha value is -1.75. The minimum Gasteiger partial charge on any atom is -0.316 e. The minimum absolute atomic E-state index is 0.380. The summed E-state index contributed by atoms with van der Waals surface area (Å²) in [6, 6.07) is 8.50. The maximum atomic E-state index is 4.28. The Morgan fingerprint density at radius 3 is 2.74 bits per heavy atom. The summed E-state index contributed by atoms with van der Waals surface area (Å²) < 4.78 is 0. The van der Waals surface area contributed by atoms with Crippen LogP contribution in [0, 0.1) is 6.92 Å². The van der Waals surface area contributed by atoms with Crippen molar-refractivity contribution in [2.24, 2.45) is 7.05 Å². The van der Waals surface area contributed by atoms with Crippen molar-refractivity contribution in [2.75, 3.05) is 13.1 Å². The number of nitrogens with zero attached hydrogens (tertiary/aromatic N) is 4. The zero-order valence-electron chi connectivity index (χ0n) is 11.8. The second-order valence-corrected chi connectivity index (χ2v) is 4.76. The molecule has 5 heteroatoms. The molecule has 1 atom stereocenters. The summed E-state index contributed by atoms with van der Waals surface area (Å²) in [5, 5.41) is 15.7. The lowest BCUT2D eigenvalue weighted by molar-refractivity contribution is 0.576. The molecular weight excluding hydrogens is 238 g/mol. The van der Waals surface area contributed by atoms with Gasteiger partial charge in [-0.2, -0.15) is 4.80 Å². The Morgan fingerprint density at radius 2 is 2.11 bits per heavy atom. The zero-order valence-corrected chi connectivity index (χ0v) is 11.8. The van der Waals surface area contributed by atoms with Gasteiger partial charge < -0.3 is 5.32 Å². The topological polar surface area (TPSA) is 55.6 Å². The van der Waals surface area contributed by atoms with Crippen LogP contribution < -0.4 is 5.32 Å². The lowest BCUT2D eigenvalue weighted by Crippen LogP contribution is -2.23. The maximum absolute atomic E-state index is 4.28. The Labute approximate surface area is 114 Å². The predicted octanol–water partition coefficient (Wildman–Crippen LogP) is 1.45. The lowest BCUT2D eigenvalue weighted by atomic mass is 9.91. The predicted molar refractivity (Wildman–Crippen MR) is 75.0 cm³/mol. The van der Waals surface area contributed by atoms with E-state index >= 15 is 0 Å². The summed E-state index contributed by atoms with van der Waals surface area (Å²) in [7, 11) is 1.80. The van der Waals surface area contributed by atoms with E-state index in [-0.39, 0.29) is 0 Å². The van der Waals surface area contributed by atoms with Gasteiger partial charge in [-0.1, -0.05) is 31.2 Å². The second kappa shape index (κ2) is 6.43. The Bertz CT molecular complexity index is 520. The van der Waals surface area contributed by atoms with Crippen molar-refractivity contribution >= 4 is 0 Å². The van der Waals surface area contributed by atoms with Crippen LogP contribution in [-0.4, -0.2) is 33.3 Å². The number of nitrogens with one attached hydrogen (secondary N) is 1. The average Bonchev–Trinajstić information content (AvgIpc) is 2.81. The monoisotopic (exact) mass is 259 g/mol. The number of aryl methyl sites for hydroxylation is 2. The fraction of sp³-hybridized carbons (Fsp3) is 0.500. The quantitative estimate of drug-likeness (QED) is 0.853. The van der Waals surface area contributed by atoms with Gasteiger partial charge in [0, 0.05) is 18.9 Å². The molecule has 102 valence electrons. The van der Waals surface area contributed by atoms with Crippen molar-refractivity contribution in [3.8, 4) is 0 Å². The smallest absolute Gasteiger partial charge is 0.175 e. The molecule has 0 fully saturated rings. The summed E-state index contributed by atoms with van der Waals surface area (Å²) in [6.45, 7) is 6.17. The van der Waals surface area contributed by atoms with Crippen molar-refractivity contribution in [2.45, 2.75) is 26.2 Å². The molecular formula is C14H21N5. The minimum atomic E-state index is 0.380. The molecule has 0 spiro atoms. The molecule has 1 heterocycles. The number of likely N-dealkylation sites (N-methyl/N-ethyl adjacent to an activating group) is 1. The van der Waals surface area contributed by atoms with Crippen molar-refractivity contribution in [1.82, 2.24) is 25.5 Å². The molecule has 1 aromatic heterocycles. The van der Waals surface area contributed by atoms with Gasteiger partial charge >= 0.3 is 0 Å². The first-order valence-corrected chi connectivity index (χ1v) is 6.69. The molecule has 19 heavy (non-hydrogen) atoms. The standard InChI is InChI=1S/C14H21N5/c1-4-15-10-12(9-14-16-18-19(3)17-14)13-8-6-5-7-11(13)2/h5-8,12,15H,4,9-10H2,1-3H3. The SMILES string of the molecule is CCNCC(Cc1nnn(C)n1)c1ccccc1C. The average molecular weight is 259 g/mol. The molecule has 2 rings (SSSR count). The van der Waals surface area contributed by atoms with Gasteiger partial charge in [0.05, 0.1) is 7.05 Å². The Kier molecular flexibility index (Phi) is 4.63. The van der Waals surface area contributed by atoms with E-state index in [0.29, 0.717) is 5.92 Å². The zero-order chi connectivity index (χ0) is 13.7. The van der Waals surface area contributed by atoms with Crippen LogP contribution in [-0.2, 0) is 13.5 Å². The van der Waals surface area contributed by atoms with E-state index in [1.807, 2.05) is 0 Å². The highest BCUT2D eigenvalue weighted by Gasteiger charge is 2.16. The van der Waals surface area contributed by atoms with Crippen LogP contribution >= 0.6 is 0 Å². The normalized spacial score (nSPS) is 12.6. The number of aromatic nitrogens is 4. The molecule has 0 amide bonds. The van der Waals surface area contributed by atoms with Crippen molar-refractivity contribution in [1.29, 1.82) is 0 Å². The highest BCUT2D eigenvalue weighted by molar-refractivity contribution is 5.30. The highest BCUT2D eigenvalue weighted by Crippen LogP contribution is 2.22. The van der Waals surface area contributed by atoms with Crippen LogP contribution in [0.3, 0.4) is 0 Å². The van der Waals surface area contributed by atoms with Crippen LogP contribution in [0.5, 0.6) is 0 Å². The van der Waals surface area contributed by atoms with E-state index in [9.17, 15) is 0 Å². The van der Waals surface area contributed by atoms with Crippen LogP contribution in [0.15, 0.2) is 24.3 Å². The molecule has 0 radical (unpaired) electrons. The van der Waals surface area contributed by atoms with Gasteiger partial charge in [0.25, 0.3) is 0 Å². The van der Waals surface area contributed by atoms with Crippen molar-refractivity contribution < 1.29 is 0 Å². The van der Waals surface area contributed by atoms with Gasteiger partial charge in [-0.15, -0.1) is 10.2 Å². The molecule has 1 N–H and O–H groups in total. The number of rotatable bonds is 6. The van der Waals surface area contributed by atoms with Crippen molar-refractivity contribution in [3.05, 3.63) is 41.2 Å². The van der Waals surface area contributed by atoms with Gasteiger partial charge in [-0.05, 0) is 29.8 Å². The van der Waals surface area contributed by atoms with Gasteiger partial charge in [-0.25, -0.2) is 0 Å². The fourth-order valence-electron chi connectivity index (χ4n) is 2.28. The van der Waals surface area contributed by atoms with Gasteiger partial charge in [0.1, 0.15) is 0 Å².